The molecule has 0 bridgehead atoms. The molecular formula is C16H14ClN3O4S. The third-order valence-corrected chi connectivity index (χ3v) is 4.79. The van der Waals surface area contributed by atoms with Gasteiger partial charge in [-0.2, -0.15) is 5.26 Å². The monoisotopic (exact) mass is 379 g/mol. The second-order valence-electron chi connectivity index (χ2n) is 4.83. The number of hydrogen-bond acceptors (Lipinski definition) is 5. The number of amides is 1. The van der Waals surface area contributed by atoms with Crippen molar-refractivity contribution in [2.75, 3.05) is 7.05 Å². The van der Waals surface area contributed by atoms with Crippen molar-refractivity contribution in [1.29, 1.82) is 5.26 Å². The molecule has 0 aliphatic carbocycles. The SMILES string of the molecule is CNC(=O)C(C#N)=Cc1ccc(CNS(=O)(=O)c2ccc(Cl)cc2)o1. The van der Waals surface area contributed by atoms with Gasteiger partial charge in [-0.1, -0.05) is 11.6 Å². The highest BCUT2D eigenvalue weighted by atomic mass is 35.5. The highest BCUT2D eigenvalue weighted by Gasteiger charge is 2.15. The Labute approximate surface area is 150 Å². The Bertz CT molecular complexity index is 941. The van der Waals surface area contributed by atoms with E-state index < -0.39 is 15.9 Å². The minimum absolute atomic E-state index is 0.0787. The predicted octanol–water partition coefficient (Wildman–Crippen LogP) is 2.06. The van der Waals surface area contributed by atoms with E-state index in [1.807, 2.05) is 0 Å². The molecule has 0 unspecified atom stereocenters. The van der Waals surface area contributed by atoms with Crippen LogP contribution < -0.4 is 10.0 Å². The number of benzene rings is 1. The van der Waals surface area contributed by atoms with E-state index in [1.165, 1.54) is 43.5 Å². The third kappa shape index (κ3) is 4.93. The van der Waals surface area contributed by atoms with E-state index in [0.29, 0.717) is 10.8 Å². The number of carbonyl (C=O) groups excluding carboxylic acids is 1. The van der Waals surface area contributed by atoms with Crippen LogP contribution in [0.3, 0.4) is 0 Å². The van der Waals surface area contributed by atoms with E-state index in [2.05, 4.69) is 10.0 Å². The summed E-state index contributed by atoms with van der Waals surface area (Å²) >= 11 is 5.74. The number of rotatable bonds is 6. The number of likely N-dealkylation sites (N-methyl/N-ethyl adjacent to an activating group) is 1. The second-order valence-corrected chi connectivity index (χ2v) is 7.03. The average molecular weight is 380 g/mol. The lowest BCUT2D eigenvalue weighted by Crippen LogP contribution is -2.22. The molecule has 7 nitrogen and oxygen atoms in total. The first-order valence-electron chi connectivity index (χ1n) is 7.03. The highest BCUT2D eigenvalue weighted by molar-refractivity contribution is 7.89. The van der Waals surface area contributed by atoms with Gasteiger partial charge in [0.05, 0.1) is 11.4 Å². The molecule has 2 rings (SSSR count). The zero-order valence-corrected chi connectivity index (χ0v) is 14.7. The number of hydrogen-bond donors (Lipinski definition) is 2. The summed E-state index contributed by atoms with van der Waals surface area (Å²) in [4.78, 5) is 11.5. The molecule has 0 spiro atoms. The summed E-state index contributed by atoms with van der Waals surface area (Å²) in [7, 11) is -2.30. The lowest BCUT2D eigenvalue weighted by atomic mass is 10.2. The first-order valence-corrected chi connectivity index (χ1v) is 8.89. The van der Waals surface area contributed by atoms with Crippen LogP contribution in [0.25, 0.3) is 6.08 Å². The molecule has 1 aromatic heterocycles. The van der Waals surface area contributed by atoms with E-state index in [4.69, 9.17) is 21.3 Å². The van der Waals surface area contributed by atoms with Crippen LogP contribution in [0.2, 0.25) is 5.02 Å². The highest BCUT2D eigenvalue weighted by Crippen LogP contribution is 2.16. The maximum absolute atomic E-state index is 12.2. The zero-order chi connectivity index (χ0) is 18.4. The van der Waals surface area contributed by atoms with E-state index in [-0.39, 0.29) is 22.8 Å². The molecule has 25 heavy (non-hydrogen) atoms. The molecule has 0 saturated heterocycles. The molecule has 9 heteroatoms. The number of carbonyl (C=O) groups is 1. The average Bonchev–Trinajstić information content (AvgIpc) is 3.05. The fourth-order valence-electron chi connectivity index (χ4n) is 1.86. The van der Waals surface area contributed by atoms with Crippen molar-refractivity contribution in [3.8, 4) is 6.07 Å². The molecule has 1 aromatic carbocycles. The largest absolute Gasteiger partial charge is 0.460 e. The van der Waals surface area contributed by atoms with Crippen molar-refractivity contribution >= 4 is 33.6 Å². The maximum Gasteiger partial charge on any atom is 0.261 e. The predicted molar refractivity (Wildman–Crippen MR) is 91.8 cm³/mol. The van der Waals surface area contributed by atoms with Crippen LogP contribution in [0.15, 0.2) is 51.3 Å². The van der Waals surface area contributed by atoms with Crippen molar-refractivity contribution in [2.24, 2.45) is 0 Å². The molecule has 0 radical (unpaired) electrons. The Kier molecular flexibility index (Phi) is 5.98. The first-order chi connectivity index (χ1) is 11.9. The molecule has 2 aromatic rings. The van der Waals surface area contributed by atoms with Gasteiger partial charge in [0.1, 0.15) is 23.2 Å². The normalized spacial score (nSPS) is 11.8. The Morgan fingerprint density at radius 1 is 1.28 bits per heavy atom. The maximum atomic E-state index is 12.2. The standard InChI is InChI=1S/C16H14ClN3O4S/c1-19-16(21)11(9-18)8-13-4-5-14(24-13)10-20-25(22,23)15-6-2-12(17)3-7-15/h2-8,20H,10H2,1H3,(H,19,21). The lowest BCUT2D eigenvalue weighted by molar-refractivity contribution is -0.116. The van der Waals surface area contributed by atoms with Gasteiger partial charge in [-0.25, -0.2) is 13.1 Å². The van der Waals surface area contributed by atoms with Gasteiger partial charge in [-0.15, -0.1) is 0 Å². The fourth-order valence-corrected chi connectivity index (χ4v) is 2.98. The van der Waals surface area contributed by atoms with Gasteiger partial charge < -0.3 is 9.73 Å². The second kappa shape index (κ2) is 7.98. The number of sulfonamides is 1. The molecule has 2 N–H and O–H groups in total. The number of nitrogens with zero attached hydrogens (tertiary/aromatic N) is 1. The number of nitrogens with one attached hydrogen (secondary N) is 2. The van der Waals surface area contributed by atoms with Crippen LogP contribution in [0.4, 0.5) is 0 Å². The molecule has 0 saturated carbocycles. The van der Waals surface area contributed by atoms with Crippen molar-refractivity contribution < 1.29 is 17.6 Å². The van der Waals surface area contributed by atoms with E-state index in [0.717, 1.165) is 0 Å². The molecule has 130 valence electrons. The van der Waals surface area contributed by atoms with Crippen LogP contribution in [0.1, 0.15) is 11.5 Å². The van der Waals surface area contributed by atoms with Gasteiger partial charge in [0.25, 0.3) is 5.91 Å². The molecule has 0 aliphatic heterocycles. The van der Waals surface area contributed by atoms with Gasteiger partial charge >= 0.3 is 0 Å². The van der Waals surface area contributed by atoms with Crippen LogP contribution in [-0.4, -0.2) is 21.4 Å². The van der Waals surface area contributed by atoms with Crippen LogP contribution in [-0.2, 0) is 21.4 Å². The summed E-state index contributed by atoms with van der Waals surface area (Å²) in [6, 6.07) is 10.6. The Balaban J connectivity index is 2.09. The molecule has 0 atom stereocenters. The van der Waals surface area contributed by atoms with E-state index >= 15 is 0 Å². The Hall–Kier alpha value is -2.60. The van der Waals surface area contributed by atoms with Crippen LogP contribution in [0, 0.1) is 11.3 Å². The topological polar surface area (TPSA) is 112 Å². The molecule has 1 amide bonds. The van der Waals surface area contributed by atoms with E-state index in [9.17, 15) is 13.2 Å². The van der Waals surface area contributed by atoms with Crippen molar-refractivity contribution in [3.05, 3.63) is 58.5 Å². The molecule has 1 heterocycles. The van der Waals surface area contributed by atoms with Crippen LogP contribution in [0.5, 0.6) is 0 Å². The Morgan fingerprint density at radius 2 is 1.96 bits per heavy atom. The van der Waals surface area contributed by atoms with E-state index in [1.54, 1.807) is 12.1 Å². The van der Waals surface area contributed by atoms with Gasteiger partial charge in [0, 0.05) is 18.1 Å². The van der Waals surface area contributed by atoms with Gasteiger partial charge in [-0.05, 0) is 36.4 Å². The third-order valence-electron chi connectivity index (χ3n) is 3.12. The Morgan fingerprint density at radius 3 is 2.56 bits per heavy atom. The lowest BCUT2D eigenvalue weighted by Gasteiger charge is -2.05. The molecular weight excluding hydrogens is 366 g/mol. The van der Waals surface area contributed by atoms with Crippen molar-refractivity contribution in [3.63, 3.8) is 0 Å². The van der Waals surface area contributed by atoms with Crippen LogP contribution >= 0.6 is 11.6 Å². The number of halogens is 1. The van der Waals surface area contributed by atoms with Gasteiger partial charge in [0.2, 0.25) is 10.0 Å². The fraction of sp³-hybridized carbons (Fsp3) is 0.125. The summed E-state index contributed by atoms with van der Waals surface area (Å²) in [5.41, 5.74) is -0.120. The number of nitriles is 1. The molecule has 0 aliphatic rings. The smallest absolute Gasteiger partial charge is 0.261 e. The number of furan rings is 1. The van der Waals surface area contributed by atoms with Crippen molar-refractivity contribution in [2.45, 2.75) is 11.4 Å². The van der Waals surface area contributed by atoms with Crippen molar-refractivity contribution in [1.82, 2.24) is 10.0 Å². The summed E-state index contributed by atoms with van der Waals surface area (Å²) in [5, 5.41) is 11.7. The quantitative estimate of drug-likeness (QED) is 0.589. The van der Waals surface area contributed by atoms with Gasteiger partial charge in [-0.3, -0.25) is 4.79 Å². The summed E-state index contributed by atoms with van der Waals surface area (Å²) in [6.07, 6.45) is 1.27. The summed E-state index contributed by atoms with van der Waals surface area (Å²) in [6.45, 7) is -0.0827. The summed E-state index contributed by atoms with van der Waals surface area (Å²) in [5.74, 6) is 0.0581. The first kappa shape index (κ1) is 18.7. The minimum Gasteiger partial charge on any atom is -0.460 e. The summed E-state index contributed by atoms with van der Waals surface area (Å²) < 4.78 is 32.1. The minimum atomic E-state index is -3.71. The molecule has 0 fully saturated rings. The zero-order valence-electron chi connectivity index (χ0n) is 13.1. The van der Waals surface area contributed by atoms with Gasteiger partial charge in [0.15, 0.2) is 0 Å².